The van der Waals surface area contributed by atoms with E-state index < -0.39 is 0 Å². The molecule has 2 heterocycles. The summed E-state index contributed by atoms with van der Waals surface area (Å²) in [4.78, 5) is 3.92. The maximum absolute atomic E-state index is 5.38. The summed E-state index contributed by atoms with van der Waals surface area (Å²) >= 11 is 0. The molecule has 0 aliphatic carbocycles. The van der Waals surface area contributed by atoms with Gasteiger partial charge in [0.1, 0.15) is 0 Å². The zero-order chi connectivity index (χ0) is 10.5. The molecule has 0 saturated carbocycles. The molecule has 0 radical (unpaired) electrons. The van der Waals surface area contributed by atoms with Gasteiger partial charge in [0.15, 0.2) is 0 Å². The molecule has 0 bridgehead atoms. The van der Waals surface area contributed by atoms with Crippen molar-refractivity contribution in [2.24, 2.45) is 0 Å². The molecule has 0 saturated heterocycles. The summed E-state index contributed by atoms with van der Waals surface area (Å²) in [5.74, 6) is 0.859. The van der Waals surface area contributed by atoms with Crippen molar-refractivity contribution in [3.8, 4) is 0 Å². The van der Waals surface area contributed by atoms with Crippen molar-refractivity contribution in [1.29, 1.82) is 0 Å². The van der Waals surface area contributed by atoms with Crippen LogP contribution in [-0.2, 0) is 6.54 Å². The third kappa shape index (κ3) is 2.70. The maximum Gasteiger partial charge on any atom is 0.243 e. The first-order valence-corrected chi connectivity index (χ1v) is 4.74. The third-order valence-electron chi connectivity index (χ3n) is 1.91. The average Bonchev–Trinajstić information content (AvgIpc) is 2.84. The Bertz CT molecular complexity index is 391. The predicted molar refractivity (Wildman–Crippen MR) is 56.1 cm³/mol. The molecule has 0 aliphatic rings. The Morgan fingerprint density at radius 2 is 2.47 bits per heavy atom. The smallest absolute Gasteiger partial charge is 0.243 e. The number of aromatic amines is 1. The lowest BCUT2D eigenvalue weighted by Gasteiger charge is -2.01. The molecular weight excluding hydrogens is 194 g/mol. The summed E-state index contributed by atoms with van der Waals surface area (Å²) in [5, 5.41) is 13.6. The highest BCUT2D eigenvalue weighted by Crippen LogP contribution is 1.98. The Balaban J connectivity index is 1.67. The van der Waals surface area contributed by atoms with Gasteiger partial charge in [-0.2, -0.15) is 10.1 Å². The van der Waals surface area contributed by atoms with Crippen LogP contribution in [0.3, 0.4) is 0 Å². The molecule has 0 atom stereocenters. The Morgan fingerprint density at radius 3 is 3.13 bits per heavy atom. The molecule has 0 spiro atoms. The van der Waals surface area contributed by atoms with Crippen LogP contribution in [0.5, 0.6) is 0 Å². The standard InChI is InChI=1S/C8H13N7/c9-7-12-8(14-13-7)10-3-1-5-15-6-2-4-11-15/h2,4,6H,1,3,5H2,(H4,9,10,12,13,14). The number of hydrogen-bond donors (Lipinski definition) is 3. The Labute approximate surface area is 86.7 Å². The number of nitrogen functional groups attached to an aromatic ring is 1. The van der Waals surface area contributed by atoms with E-state index in [1.54, 1.807) is 6.20 Å². The molecule has 2 aromatic rings. The first kappa shape index (κ1) is 9.50. The van der Waals surface area contributed by atoms with Gasteiger partial charge < -0.3 is 11.1 Å². The zero-order valence-electron chi connectivity index (χ0n) is 8.22. The van der Waals surface area contributed by atoms with Gasteiger partial charge in [0.2, 0.25) is 11.9 Å². The topological polar surface area (TPSA) is 97.4 Å². The van der Waals surface area contributed by atoms with Gasteiger partial charge in [-0.3, -0.25) is 4.68 Å². The van der Waals surface area contributed by atoms with E-state index in [1.165, 1.54) is 0 Å². The van der Waals surface area contributed by atoms with Crippen LogP contribution in [0.1, 0.15) is 6.42 Å². The number of aryl methyl sites for hydroxylation is 1. The largest absolute Gasteiger partial charge is 0.368 e. The number of H-pyrrole nitrogens is 1. The van der Waals surface area contributed by atoms with E-state index in [-0.39, 0.29) is 0 Å². The predicted octanol–water partition coefficient (Wildman–Crippen LogP) is 0.0856. The van der Waals surface area contributed by atoms with Crippen LogP contribution in [0.25, 0.3) is 0 Å². The fourth-order valence-corrected chi connectivity index (χ4v) is 1.23. The monoisotopic (exact) mass is 207 g/mol. The molecule has 7 heteroatoms. The van der Waals surface area contributed by atoms with Crippen LogP contribution in [-0.4, -0.2) is 31.5 Å². The van der Waals surface area contributed by atoms with E-state index in [4.69, 9.17) is 5.73 Å². The highest BCUT2D eigenvalue weighted by molar-refractivity contribution is 5.29. The lowest BCUT2D eigenvalue weighted by molar-refractivity contribution is 0.591. The highest BCUT2D eigenvalue weighted by atomic mass is 15.3. The van der Waals surface area contributed by atoms with Gasteiger partial charge in [0.25, 0.3) is 0 Å². The van der Waals surface area contributed by atoms with Crippen LogP contribution in [0.15, 0.2) is 18.5 Å². The average molecular weight is 207 g/mol. The molecule has 0 fully saturated rings. The first-order chi connectivity index (χ1) is 7.34. The minimum Gasteiger partial charge on any atom is -0.368 e. The summed E-state index contributed by atoms with van der Waals surface area (Å²) in [6.45, 7) is 1.66. The van der Waals surface area contributed by atoms with E-state index in [9.17, 15) is 0 Å². The van der Waals surface area contributed by atoms with Crippen LogP contribution < -0.4 is 11.1 Å². The minimum atomic E-state index is 0.324. The normalized spacial score (nSPS) is 10.4. The number of nitrogens with two attached hydrogens (primary N) is 1. The Hall–Kier alpha value is -2.05. The molecule has 7 nitrogen and oxygen atoms in total. The first-order valence-electron chi connectivity index (χ1n) is 4.74. The van der Waals surface area contributed by atoms with Gasteiger partial charge in [0.05, 0.1) is 0 Å². The summed E-state index contributed by atoms with van der Waals surface area (Å²) in [6, 6.07) is 1.91. The van der Waals surface area contributed by atoms with Gasteiger partial charge in [-0.1, -0.05) is 0 Å². The number of anilines is 2. The minimum absolute atomic E-state index is 0.324. The highest BCUT2D eigenvalue weighted by Gasteiger charge is 1.97. The molecule has 0 aliphatic heterocycles. The van der Waals surface area contributed by atoms with Gasteiger partial charge >= 0.3 is 0 Å². The number of rotatable bonds is 5. The van der Waals surface area contributed by atoms with Gasteiger partial charge in [-0.25, -0.2) is 5.10 Å². The molecule has 80 valence electrons. The van der Waals surface area contributed by atoms with Gasteiger partial charge in [0, 0.05) is 25.5 Å². The number of hydrogen-bond acceptors (Lipinski definition) is 5. The molecule has 4 N–H and O–H groups in total. The van der Waals surface area contributed by atoms with Crippen LogP contribution in [0.4, 0.5) is 11.9 Å². The fraction of sp³-hybridized carbons (Fsp3) is 0.375. The van der Waals surface area contributed by atoms with Crippen molar-refractivity contribution in [2.75, 3.05) is 17.6 Å². The lowest BCUT2D eigenvalue weighted by atomic mass is 10.4. The molecular formula is C8H13N7. The van der Waals surface area contributed by atoms with Crippen LogP contribution in [0.2, 0.25) is 0 Å². The van der Waals surface area contributed by atoms with E-state index in [0.29, 0.717) is 11.9 Å². The molecule has 0 amide bonds. The molecule has 15 heavy (non-hydrogen) atoms. The lowest BCUT2D eigenvalue weighted by Crippen LogP contribution is -2.07. The fourth-order valence-electron chi connectivity index (χ4n) is 1.23. The van der Waals surface area contributed by atoms with E-state index in [1.807, 2.05) is 16.9 Å². The quantitative estimate of drug-likeness (QED) is 0.603. The van der Waals surface area contributed by atoms with E-state index in [0.717, 1.165) is 19.5 Å². The summed E-state index contributed by atoms with van der Waals surface area (Å²) < 4.78 is 1.88. The molecule has 2 aromatic heterocycles. The summed E-state index contributed by atoms with van der Waals surface area (Å²) in [5.41, 5.74) is 5.38. The van der Waals surface area contributed by atoms with Gasteiger partial charge in [-0.05, 0) is 12.5 Å². The van der Waals surface area contributed by atoms with Crippen molar-refractivity contribution in [3.05, 3.63) is 18.5 Å². The Morgan fingerprint density at radius 1 is 1.53 bits per heavy atom. The second kappa shape index (κ2) is 4.45. The Kier molecular flexibility index (Phi) is 2.82. The van der Waals surface area contributed by atoms with Crippen molar-refractivity contribution in [1.82, 2.24) is 25.0 Å². The number of nitrogens with one attached hydrogen (secondary N) is 2. The maximum atomic E-state index is 5.38. The van der Waals surface area contributed by atoms with E-state index >= 15 is 0 Å². The second-order valence-corrected chi connectivity index (χ2v) is 3.09. The number of nitrogens with zero attached hydrogens (tertiary/aromatic N) is 4. The summed E-state index contributed by atoms with van der Waals surface area (Å²) in [7, 11) is 0. The molecule has 0 aromatic carbocycles. The molecule has 0 unspecified atom stereocenters. The van der Waals surface area contributed by atoms with Crippen molar-refractivity contribution in [2.45, 2.75) is 13.0 Å². The SMILES string of the molecule is Nc1nc(NCCCn2cccn2)n[nH]1. The van der Waals surface area contributed by atoms with Crippen molar-refractivity contribution in [3.63, 3.8) is 0 Å². The van der Waals surface area contributed by atoms with E-state index in [2.05, 4.69) is 25.6 Å². The van der Waals surface area contributed by atoms with Crippen molar-refractivity contribution < 1.29 is 0 Å². The van der Waals surface area contributed by atoms with Crippen LogP contribution >= 0.6 is 0 Å². The second-order valence-electron chi connectivity index (χ2n) is 3.09. The number of aromatic nitrogens is 5. The summed E-state index contributed by atoms with van der Waals surface area (Å²) in [6.07, 6.45) is 4.66. The van der Waals surface area contributed by atoms with Crippen molar-refractivity contribution >= 4 is 11.9 Å². The van der Waals surface area contributed by atoms with Gasteiger partial charge in [-0.15, -0.1) is 5.10 Å². The third-order valence-corrected chi connectivity index (χ3v) is 1.91. The molecule has 2 rings (SSSR count). The van der Waals surface area contributed by atoms with Crippen LogP contribution in [0, 0.1) is 0 Å². The zero-order valence-corrected chi connectivity index (χ0v) is 8.22.